The summed E-state index contributed by atoms with van der Waals surface area (Å²) in [5.74, 6) is -2.48. The lowest BCUT2D eigenvalue weighted by molar-refractivity contribution is -0.131. The van der Waals surface area contributed by atoms with Crippen molar-refractivity contribution in [2.24, 2.45) is 0 Å². The van der Waals surface area contributed by atoms with Gasteiger partial charge in [-0.3, -0.25) is 19.2 Å². The van der Waals surface area contributed by atoms with E-state index >= 15 is 0 Å². The van der Waals surface area contributed by atoms with Crippen LogP contribution in [0.15, 0.2) is 29.2 Å². The van der Waals surface area contributed by atoms with Crippen molar-refractivity contribution >= 4 is 33.7 Å². The molecule has 1 fully saturated rings. The number of carbonyl (C=O) groups excluding carboxylic acids is 4. The fourth-order valence-electron chi connectivity index (χ4n) is 2.98. The van der Waals surface area contributed by atoms with Crippen molar-refractivity contribution in [3.05, 3.63) is 29.8 Å². The van der Waals surface area contributed by atoms with Gasteiger partial charge in [0.05, 0.1) is 11.4 Å². The number of carbonyl (C=O) groups is 4. The van der Waals surface area contributed by atoms with Crippen molar-refractivity contribution in [1.82, 2.24) is 25.6 Å². The molecule has 4 amide bonds. The number of sulfonamides is 1. The summed E-state index contributed by atoms with van der Waals surface area (Å²) in [6, 6.07) is 2.76. The zero-order valence-corrected chi connectivity index (χ0v) is 19.3. The maximum Gasteiger partial charge on any atom is 0.244 e. The van der Waals surface area contributed by atoms with Gasteiger partial charge in [0.15, 0.2) is 0 Å². The van der Waals surface area contributed by atoms with Crippen LogP contribution in [0.25, 0.3) is 0 Å². The molecule has 0 radical (unpaired) electrons. The number of nitrogens with one attached hydrogen (secondary N) is 4. The maximum atomic E-state index is 13.3. The molecule has 1 heterocycles. The Balaban J connectivity index is 2.42. The number of hydrogen-bond acceptors (Lipinski definition) is 6. The molecule has 3 atom stereocenters. The number of rotatable bonds is 2. The van der Waals surface area contributed by atoms with Gasteiger partial charge in [0, 0.05) is 13.1 Å². The van der Waals surface area contributed by atoms with Gasteiger partial charge in [-0.25, -0.2) is 8.42 Å². The molecule has 1 aliphatic rings. The molecule has 0 saturated carbocycles. The van der Waals surface area contributed by atoms with Crippen LogP contribution in [-0.4, -0.2) is 74.1 Å². The predicted molar refractivity (Wildman–Crippen MR) is 116 cm³/mol. The van der Waals surface area contributed by atoms with Crippen LogP contribution in [0.5, 0.6) is 0 Å². The summed E-state index contributed by atoms with van der Waals surface area (Å²) in [6.07, 6.45) is 0. The van der Waals surface area contributed by atoms with E-state index in [1.54, 1.807) is 19.1 Å². The largest absolute Gasteiger partial charge is 0.353 e. The molecule has 1 saturated heterocycles. The Bertz CT molecular complexity index is 979. The van der Waals surface area contributed by atoms with Gasteiger partial charge in [-0.15, -0.1) is 0 Å². The van der Waals surface area contributed by atoms with Gasteiger partial charge in [0.2, 0.25) is 33.7 Å². The molecule has 0 aromatic heterocycles. The van der Waals surface area contributed by atoms with E-state index in [0.717, 1.165) is 9.87 Å². The standard InChI is InChI=1S/C20H29N5O6S/c1-12-5-7-16(8-6-12)32(30,31)25-11-17(26)23-13(2)18(27)21-9-10-22-19(28)14(3)24-20(29)15(25)4/h5-8,13-15H,9-11H2,1-4H3,(H,21,27)(H,22,28)(H,23,26)(H,24,29)/t13-,14-,15+/m0/s1. The lowest BCUT2D eigenvalue weighted by Gasteiger charge is -2.28. The molecule has 1 aromatic carbocycles. The van der Waals surface area contributed by atoms with E-state index < -0.39 is 58.3 Å². The molecular formula is C20H29N5O6S. The first-order valence-corrected chi connectivity index (χ1v) is 11.6. The topological polar surface area (TPSA) is 154 Å². The Kier molecular flexibility index (Phi) is 8.33. The lowest BCUT2D eigenvalue weighted by atomic mass is 10.2. The van der Waals surface area contributed by atoms with Crippen molar-refractivity contribution in [3.8, 4) is 0 Å². The number of hydrogen-bond donors (Lipinski definition) is 4. The predicted octanol–water partition coefficient (Wildman–Crippen LogP) is -1.37. The average Bonchev–Trinajstić information content (AvgIpc) is 2.73. The number of nitrogens with zero attached hydrogens (tertiary/aromatic N) is 1. The molecular weight excluding hydrogens is 438 g/mol. The Morgan fingerprint density at radius 1 is 0.812 bits per heavy atom. The molecule has 1 aromatic rings. The molecule has 2 rings (SSSR count). The SMILES string of the molecule is Cc1ccc(S(=O)(=O)N2CC(=O)N[C@@H](C)C(=O)NCCNC(=O)[C@H](C)NC(=O)[C@H]2C)cc1. The first-order valence-electron chi connectivity index (χ1n) is 10.2. The Morgan fingerprint density at radius 2 is 1.31 bits per heavy atom. The van der Waals surface area contributed by atoms with Crippen molar-refractivity contribution in [2.75, 3.05) is 19.6 Å². The maximum absolute atomic E-state index is 13.3. The van der Waals surface area contributed by atoms with Gasteiger partial charge in [-0.2, -0.15) is 4.31 Å². The van der Waals surface area contributed by atoms with Crippen LogP contribution in [0, 0.1) is 6.92 Å². The smallest absolute Gasteiger partial charge is 0.244 e. The summed E-state index contributed by atoms with van der Waals surface area (Å²) in [7, 11) is -4.26. The van der Waals surface area contributed by atoms with E-state index in [4.69, 9.17) is 0 Å². The highest BCUT2D eigenvalue weighted by molar-refractivity contribution is 7.89. The Morgan fingerprint density at radius 3 is 1.84 bits per heavy atom. The summed E-state index contributed by atoms with van der Waals surface area (Å²) < 4.78 is 27.3. The number of aryl methyl sites for hydroxylation is 1. The highest BCUT2D eigenvalue weighted by Gasteiger charge is 2.36. The van der Waals surface area contributed by atoms with E-state index in [1.807, 2.05) is 0 Å². The number of benzene rings is 1. The van der Waals surface area contributed by atoms with E-state index in [0.29, 0.717) is 0 Å². The van der Waals surface area contributed by atoms with Crippen LogP contribution in [0.2, 0.25) is 0 Å². The molecule has 0 bridgehead atoms. The van der Waals surface area contributed by atoms with Crippen LogP contribution in [0.3, 0.4) is 0 Å². The highest BCUT2D eigenvalue weighted by atomic mass is 32.2. The second kappa shape index (κ2) is 10.6. The third-order valence-electron chi connectivity index (χ3n) is 4.98. The Hall–Kier alpha value is -2.99. The van der Waals surface area contributed by atoms with Crippen LogP contribution in [-0.2, 0) is 29.2 Å². The molecule has 0 aliphatic carbocycles. The van der Waals surface area contributed by atoms with E-state index in [2.05, 4.69) is 21.3 Å². The zero-order valence-electron chi connectivity index (χ0n) is 18.5. The average molecular weight is 468 g/mol. The van der Waals surface area contributed by atoms with Crippen LogP contribution < -0.4 is 21.3 Å². The molecule has 176 valence electrons. The number of amides is 4. The van der Waals surface area contributed by atoms with E-state index in [9.17, 15) is 27.6 Å². The first kappa shape index (κ1) is 25.3. The van der Waals surface area contributed by atoms with Crippen molar-refractivity contribution in [2.45, 2.75) is 50.7 Å². The third kappa shape index (κ3) is 6.26. The van der Waals surface area contributed by atoms with Crippen LogP contribution in [0.1, 0.15) is 26.3 Å². The summed E-state index contributed by atoms with van der Waals surface area (Å²) in [5, 5.41) is 10.0. The summed E-state index contributed by atoms with van der Waals surface area (Å²) in [6.45, 7) is 5.56. The van der Waals surface area contributed by atoms with Gasteiger partial charge in [0.1, 0.15) is 18.1 Å². The first-order chi connectivity index (χ1) is 14.9. The lowest BCUT2D eigenvalue weighted by Crippen LogP contribution is -2.55. The van der Waals surface area contributed by atoms with Crippen molar-refractivity contribution in [3.63, 3.8) is 0 Å². The van der Waals surface area contributed by atoms with Gasteiger partial charge in [-0.05, 0) is 39.8 Å². The normalized spacial score (nSPS) is 24.9. The van der Waals surface area contributed by atoms with Crippen molar-refractivity contribution < 1.29 is 27.6 Å². The van der Waals surface area contributed by atoms with Crippen molar-refractivity contribution in [1.29, 1.82) is 0 Å². The van der Waals surface area contributed by atoms with Gasteiger partial charge in [-0.1, -0.05) is 17.7 Å². The third-order valence-corrected chi connectivity index (χ3v) is 6.92. The molecule has 0 unspecified atom stereocenters. The molecule has 0 spiro atoms. The molecule has 4 N–H and O–H groups in total. The zero-order chi connectivity index (χ0) is 24.1. The minimum atomic E-state index is -4.26. The molecule has 1 aliphatic heterocycles. The van der Waals surface area contributed by atoms with Crippen LogP contribution >= 0.6 is 0 Å². The van der Waals surface area contributed by atoms with Gasteiger partial charge < -0.3 is 21.3 Å². The fraction of sp³-hybridized carbons (Fsp3) is 0.500. The Labute approximate surface area is 187 Å². The summed E-state index contributed by atoms with van der Waals surface area (Å²) in [4.78, 5) is 49.6. The fourth-order valence-corrected chi connectivity index (χ4v) is 4.53. The van der Waals surface area contributed by atoms with E-state index in [1.165, 1.54) is 32.9 Å². The minimum absolute atomic E-state index is 0.0925. The van der Waals surface area contributed by atoms with Crippen LogP contribution in [0.4, 0.5) is 0 Å². The van der Waals surface area contributed by atoms with Gasteiger partial charge >= 0.3 is 0 Å². The van der Waals surface area contributed by atoms with Gasteiger partial charge in [0.25, 0.3) is 0 Å². The highest BCUT2D eigenvalue weighted by Crippen LogP contribution is 2.19. The summed E-state index contributed by atoms with van der Waals surface area (Å²) >= 11 is 0. The molecule has 12 heteroatoms. The monoisotopic (exact) mass is 467 g/mol. The molecule has 11 nitrogen and oxygen atoms in total. The summed E-state index contributed by atoms with van der Waals surface area (Å²) in [5.41, 5.74) is 0.837. The molecule has 32 heavy (non-hydrogen) atoms. The van der Waals surface area contributed by atoms with E-state index in [-0.39, 0.29) is 18.0 Å². The second-order valence-corrected chi connectivity index (χ2v) is 9.53. The quantitative estimate of drug-likeness (QED) is 0.421. The second-order valence-electron chi connectivity index (χ2n) is 7.64. The minimum Gasteiger partial charge on any atom is -0.353 e.